The third kappa shape index (κ3) is 4.85. The molecule has 20 heavy (non-hydrogen) atoms. The molecule has 0 aromatic carbocycles. The van der Waals surface area contributed by atoms with Crippen LogP contribution in [0.4, 0.5) is 8.78 Å². The van der Waals surface area contributed by atoms with E-state index in [0.29, 0.717) is 0 Å². The van der Waals surface area contributed by atoms with E-state index in [2.05, 4.69) is 0 Å². The average Bonchev–Trinajstić information content (AvgIpc) is 2.36. The number of halogens is 3. The molecule has 0 saturated carbocycles. The second kappa shape index (κ2) is 7.41. The summed E-state index contributed by atoms with van der Waals surface area (Å²) in [5.41, 5.74) is 0. The molecule has 1 rings (SSSR count). The lowest BCUT2D eigenvalue weighted by atomic mass is 10.1. The maximum Gasteiger partial charge on any atom is 0.360 e. The van der Waals surface area contributed by atoms with Gasteiger partial charge < -0.3 is 9.53 Å². The zero-order valence-electron chi connectivity index (χ0n) is 11.1. The van der Waals surface area contributed by atoms with E-state index in [0.717, 1.165) is 4.31 Å². The van der Waals surface area contributed by atoms with E-state index in [1.165, 1.54) is 6.92 Å². The molecule has 1 atom stereocenters. The van der Waals surface area contributed by atoms with Crippen molar-refractivity contribution < 1.29 is 26.7 Å². The van der Waals surface area contributed by atoms with Gasteiger partial charge in [-0.15, -0.1) is 0 Å². The third-order valence-corrected chi connectivity index (χ3v) is 5.99. The van der Waals surface area contributed by atoms with Crippen LogP contribution in [0.3, 0.4) is 0 Å². The van der Waals surface area contributed by atoms with Gasteiger partial charge in [-0.05, 0) is 13.3 Å². The summed E-state index contributed by atoms with van der Waals surface area (Å²) in [5.74, 6) is -0.0916. The van der Waals surface area contributed by atoms with Gasteiger partial charge in [0, 0.05) is 29.9 Å². The Kier molecular flexibility index (Phi) is 6.74. The van der Waals surface area contributed by atoms with Gasteiger partial charge in [-0.25, -0.2) is 8.42 Å². The van der Waals surface area contributed by atoms with Gasteiger partial charge in [0.15, 0.2) is 0 Å². The Balaban J connectivity index is 2.67. The Labute approximate surface area is 131 Å². The van der Waals surface area contributed by atoms with Crippen molar-refractivity contribution in [2.24, 2.45) is 0 Å². The summed E-state index contributed by atoms with van der Waals surface area (Å²) in [6.07, 6.45) is -0.341. The molecular weight excluding hydrogens is 407 g/mol. The SMILES string of the molecule is CC(=O)CCC(I)CC(F)(F)S(=O)(=O)N1CCOCC1. The molecule has 0 aromatic rings. The van der Waals surface area contributed by atoms with E-state index in [9.17, 15) is 22.0 Å². The summed E-state index contributed by atoms with van der Waals surface area (Å²) in [4.78, 5) is 10.8. The van der Waals surface area contributed by atoms with Crippen molar-refractivity contribution in [3.63, 3.8) is 0 Å². The summed E-state index contributed by atoms with van der Waals surface area (Å²) < 4.78 is 57.0. The van der Waals surface area contributed by atoms with Crippen LogP contribution in [-0.4, -0.2) is 54.0 Å². The van der Waals surface area contributed by atoms with E-state index in [-0.39, 0.29) is 44.9 Å². The number of alkyl halides is 3. The molecule has 1 heterocycles. The van der Waals surface area contributed by atoms with Gasteiger partial charge in [0.05, 0.1) is 13.2 Å². The van der Waals surface area contributed by atoms with E-state index < -0.39 is 25.6 Å². The molecule has 0 aromatic heterocycles. The summed E-state index contributed by atoms with van der Waals surface area (Å²) in [6, 6.07) is 0. The number of rotatable bonds is 7. The van der Waals surface area contributed by atoms with E-state index in [1.807, 2.05) is 0 Å². The first-order valence-electron chi connectivity index (χ1n) is 6.25. The molecule has 1 fully saturated rings. The number of morpholine rings is 1. The highest BCUT2D eigenvalue weighted by atomic mass is 127. The number of Topliss-reactive ketones (excluding diaryl/α,β-unsaturated/α-hetero) is 1. The highest BCUT2D eigenvalue weighted by Crippen LogP contribution is 2.34. The van der Waals surface area contributed by atoms with Gasteiger partial charge in [0.1, 0.15) is 5.78 Å². The second-order valence-electron chi connectivity index (χ2n) is 4.70. The highest BCUT2D eigenvalue weighted by molar-refractivity contribution is 14.1. The monoisotopic (exact) mass is 425 g/mol. The first-order chi connectivity index (χ1) is 9.17. The van der Waals surface area contributed by atoms with Crippen LogP contribution in [0.1, 0.15) is 26.2 Å². The lowest BCUT2D eigenvalue weighted by molar-refractivity contribution is -0.117. The minimum atomic E-state index is -4.66. The van der Waals surface area contributed by atoms with Crippen LogP contribution in [0.2, 0.25) is 0 Å². The zero-order chi connectivity index (χ0) is 15.4. The molecule has 0 aliphatic carbocycles. The van der Waals surface area contributed by atoms with Crippen LogP contribution in [0.5, 0.6) is 0 Å². The van der Waals surface area contributed by atoms with E-state index in [1.54, 1.807) is 22.6 Å². The molecule has 0 bridgehead atoms. The maximum atomic E-state index is 14.0. The first-order valence-corrected chi connectivity index (χ1v) is 8.94. The molecule has 118 valence electrons. The molecule has 0 amide bonds. The van der Waals surface area contributed by atoms with Crippen LogP contribution >= 0.6 is 22.6 Å². The number of ketones is 1. The standard InChI is InChI=1S/C11H18F2INO4S/c1-9(16)2-3-10(14)8-11(12,13)20(17,18)15-4-6-19-7-5-15/h10H,2-8H2,1H3. The lowest BCUT2D eigenvalue weighted by Gasteiger charge is -2.30. The van der Waals surface area contributed by atoms with Crippen molar-refractivity contribution in [1.29, 1.82) is 0 Å². The number of nitrogens with zero attached hydrogens (tertiary/aromatic N) is 1. The van der Waals surface area contributed by atoms with Crippen molar-refractivity contribution in [3.05, 3.63) is 0 Å². The molecular formula is C11H18F2INO4S. The van der Waals surface area contributed by atoms with Gasteiger partial charge in [-0.3, -0.25) is 0 Å². The predicted octanol–water partition coefficient (Wildman–Crippen LogP) is 1.80. The fourth-order valence-corrected chi connectivity index (χ4v) is 4.38. The number of hydrogen-bond donors (Lipinski definition) is 0. The minimum absolute atomic E-state index is 0.0444. The van der Waals surface area contributed by atoms with Crippen LogP contribution < -0.4 is 0 Å². The van der Waals surface area contributed by atoms with Gasteiger partial charge in [0.2, 0.25) is 0 Å². The van der Waals surface area contributed by atoms with E-state index >= 15 is 0 Å². The molecule has 0 spiro atoms. The first kappa shape index (κ1) is 18.2. The zero-order valence-corrected chi connectivity index (χ0v) is 14.1. The molecule has 1 aliphatic rings. The average molecular weight is 425 g/mol. The molecule has 9 heteroatoms. The number of carbonyl (C=O) groups is 1. The summed E-state index contributed by atoms with van der Waals surface area (Å²) in [7, 11) is -4.66. The lowest BCUT2D eigenvalue weighted by Crippen LogP contribution is -2.48. The van der Waals surface area contributed by atoms with Crippen LogP contribution in [-0.2, 0) is 19.6 Å². The van der Waals surface area contributed by atoms with Gasteiger partial charge in [-0.1, -0.05) is 22.6 Å². The molecule has 5 nitrogen and oxygen atoms in total. The Morgan fingerprint density at radius 2 is 1.95 bits per heavy atom. The number of hydrogen-bond acceptors (Lipinski definition) is 4. The highest BCUT2D eigenvalue weighted by Gasteiger charge is 2.49. The fourth-order valence-electron chi connectivity index (χ4n) is 1.80. The Bertz CT molecular complexity index is 438. The molecule has 1 aliphatic heterocycles. The minimum Gasteiger partial charge on any atom is -0.379 e. The maximum absolute atomic E-state index is 14.0. The van der Waals surface area contributed by atoms with Crippen molar-refractivity contribution in [3.8, 4) is 0 Å². The third-order valence-electron chi connectivity index (χ3n) is 2.96. The topological polar surface area (TPSA) is 63.7 Å². The Hall–Kier alpha value is 0.130. The molecule has 1 unspecified atom stereocenters. The van der Waals surface area contributed by atoms with E-state index in [4.69, 9.17) is 4.74 Å². The van der Waals surface area contributed by atoms with Gasteiger partial charge >= 0.3 is 5.25 Å². The summed E-state index contributed by atoms with van der Waals surface area (Å²) in [5, 5.41) is -3.81. The van der Waals surface area contributed by atoms with Gasteiger partial charge in [-0.2, -0.15) is 13.1 Å². The smallest absolute Gasteiger partial charge is 0.360 e. The molecule has 0 radical (unpaired) electrons. The second-order valence-corrected chi connectivity index (χ2v) is 8.52. The van der Waals surface area contributed by atoms with Crippen LogP contribution in [0, 0.1) is 0 Å². The Morgan fingerprint density at radius 1 is 1.40 bits per heavy atom. The van der Waals surface area contributed by atoms with Crippen molar-refractivity contribution in [2.75, 3.05) is 26.3 Å². The van der Waals surface area contributed by atoms with Crippen molar-refractivity contribution >= 4 is 38.4 Å². The van der Waals surface area contributed by atoms with Crippen molar-refractivity contribution in [2.45, 2.75) is 35.4 Å². The van der Waals surface area contributed by atoms with Crippen LogP contribution in [0.25, 0.3) is 0 Å². The van der Waals surface area contributed by atoms with Crippen LogP contribution in [0.15, 0.2) is 0 Å². The number of sulfonamides is 1. The number of carbonyl (C=O) groups excluding carboxylic acids is 1. The fraction of sp³-hybridized carbons (Fsp3) is 0.909. The van der Waals surface area contributed by atoms with Crippen molar-refractivity contribution in [1.82, 2.24) is 4.31 Å². The molecule has 1 saturated heterocycles. The molecule has 0 N–H and O–H groups in total. The predicted molar refractivity (Wildman–Crippen MR) is 78.6 cm³/mol. The number of ether oxygens (including phenoxy) is 1. The Morgan fingerprint density at radius 3 is 2.45 bits per heavy atom. The summed E-state index contributed by atoms with van der Waals surface area (Å²) >= 11 is 1.77. The largest absolute Gasteiger partial charge is 0.379 e. The normalized spacial score (nSPS) is 19.8. The quantitative estimate of drug-likeness (QED) is 0.461. The summed E-state index contributed by atoms with van der Waals surface area (Å²) in [6.45, 7) is 1.56. The van der Waals surface area contributed by atoms with Gasteiger partial charge in [0.25, 0.3) is 10.0 Å².